The monoisotopic (exact) mass is 431 g/mol. The molecule has 1 fully saturated rings. The maximum atomic E-state index is 11.0. The average molecular weight is 432 g/mol. The van der Waals surface area contributed by atoms with Crippen molar-refractivity contribution in [2.45, 2.75) is 52.6 Å². The van der Waals surface area contributed by atoms with Crippen LogP contribution in [0.2, 0.25) is 10.2 Å². The molecule has 2 aromatic rings. The number of hydrogen-bond acceptors (Lipinski definition) is 5. The van der Waals surface area contributed by atoms with Crippen LogP contribution in [0.1, 0.15) is 50.7 Å². The fourth-order valence-corrected chi connectivity index (χ4v) is 5.96. The van der Waals surface area contributed by atoms with E-state index in [9.17, 15) is 5.11 Å². The molecule has 7 heteroatoms. The van der Waals surface area contributed by atoms with Crippen LogP contribution in [-0.2, 0) is 6.54 Å². The molecule has 0 radical (unpaired) electrons. The molecule has 0 amide bonds. The highest BCUT2D eigenvalue weighted by molar-refractivity contribution is 6.31. The minimum atomic E-state index is -0.719. The maximum absolute atomic E-state index is 11.0. The van der Waals surface area contributed by atoms with E-state index in [4.69, 9.17) is 33.2 Å². The first-order chi connectivity index (χ1) is 13.6. The molecule has 5 nitrogen and oxygen atoms in total. The Labute approximate surface area is 180 Å². The van der Waals surface area contributed by atoms with Gasteiger partial charge < -0.3 is 9.84 Å². The van der Waals surface area contributed by atoms with Crippen molar-refractivity contribution in [3.8, 4) is 11.8 Å². The number of aliphatic hydroxyl groups excluding tert-OH is 1. The summed E-state index contributed by atoms with van der Waals surface area (Å²) in [6, 6.07) is 10.8. The van der Waals surface area contributed by atoms with Crippen molar-refractivity contribution in [2.24, 2.45) is 10.8 Å². The van der Waals surface area contributed by atoms with Crippen LogP contribution in [0.4, 0.5) is 0 Å². The van der Waals surface area contributed by atoms with Gasteiger partial charge in [-0.25, -0.2) is 4.98 Å². The number of nitriles is 1. The SMILES string of the molecule is CC1(C)C(Oc2ccc(C#N)c(Cl)c2)C(C)(C)C1N1Cc2nc(Cl)ccc2C1O. The fraction of sp³-hybridized carbons (Fsp3) is 0.455. The molecule has 1 N–H and O–H groups in total. The highest BCUT2D eigenvalue weighted by Gasteiger charge is 2.66. The van der Waals surface area contributed by atoms with Crippen molar-refractivity contribution in [2.75, 3.05) is 0 Å². The molecular formula is C22H23Cl2N3O2. The number of fused-ring (bicyclic) bond motifs is 1. The number of aliphatic hydroxyl groups is 1. The Morgan fingerprint density at radius 1 is 1.17 bits per heavy atom. The van der Waals surface area contributed by atoms with Crippen LogP contribution in [0.25, 0.3) is 0 Å². The Balaban J connectivity index is 1.59. The summed E-state index contributed by atoms with van der Waals surface area (Å²) in [6.07, 6.45) is -0.819. The lowest BCUT2D eigenvalue weighted by molar-refractivity contribution is -0.235. The van der Waals surface area contributed by atoms with E-state index >= 15 is 0 Å². The molecule has 1 aromatic heterocycles. The van der Waals surface area contributed by atoms with Gasteiger partial charge in [-0.2, -0.15) is 5.26 Å². The number of nitrogens with zero attached hydrogens (tertiary/aromatic N) is 3. The number of benzene rings is 1. The number of ether oxygens (including phenoxy) is 1. The highest BCUT2D eigenvalue weighted by Crippen LogP contribution is 2.60. The van der Waals surface area contributed by atoms with Crippen LogP contribution in [0, 0.1) is 22.2 Å². The zero-order valence-electron chi connectivity index (χ0n) is 16.8. The van der Waals surface area contributed by atoms with Crippen molar-refractivity contribution in [1.82, 2.24) is 9.88 Å². The summed E-state index contributed by atoms with van der Waals surface area (Å²) < 4.78 is 6.34. The van der Waals surface area contributed by atoms with Crippen LogP contribution < -0.4 is 4.74 Å². The molecule has 1 aromatic carbocycles. The van der Waals surface area contributed by atoms with E-state index in [1.54, 1.807) is 24.3 Å². The lowest BCUT2D eigenvalue weighted by Gasteiger charge is -2.66. The largest absolute Gasteiger partial charge is 0.489 e. The lowest BCUT2D eigenvalue weighted by atomic mass is 9.49. The smallest absolute Gasteiger partial charge is 0.136 e. The molecule has 0 spiro atoms. The molecule has 152 valence electrons. The first-order valence-electron chi connectivity index (χ1n) is 9.53. The second-order valence-electron chi connectivity index (χ2n) is 9.01. The number of aromatic nitrogens is 1. The third-order valence-corrected chi connectivity index (χ3v) is 6.83. The molecule has 1 saturated carbocycles. The van der Waals surface area contributed by atoms with Gasteiger partial charge in [0.05, 0.1) is 16.3 Å². The summed E-state index contributed by atoms with van der Waals surface area (Å²) in [7, 11) is 0. The minimum Gasteiger partial charge on any atom is -0.489 e. The van der Waals surface area contributed by atoms with Crippen LogP contribution in [0.3, 0.4) is 0 Å². The van der Waals surface area contributed by atoms with E-state index in [0.717, 1.165) is 11.3 Å². The molecule has 4 rings (SSSR count). The van der Waals surface area contributed by atoms with Crippen molar-refractivity contribution in [3.63, 3.8) is 0 Å². The summed E-state index contributed by atoms with van der Waals surface area (Å²) in [6.45, 7) is 9.14. The van der Waals surface area contributed by atoms with Crippen LogP contribution in [0.15, 0.2) is 30.3 Å². The molecule has 2 heterocycles. The second-order valence-corrected chi connectivity index (χ2v) is 9.81. The number of halogens is 2. The zero-order chi connectivity index (χ0) is 21.1. The summed E-state index contributed by atoms with van der Waals surface area (Å²) >= 11 is 12.2. The molecular weight excluding hydrogens is 409 g/mol. The van der Waals surface area contributed by atoms with Gasteiger partial charge in [0.1, 0.15) is 29.3 Å². The Morgan fingerprint density at radius 3 is 2.48 bits per heavy atom. The van der Waals surface area contributed by atoms with Gasteiger partial charge in [-0.1, -0.05) is 57.0 Å². The molecule has 1 aliphatic carbocycles. The quantitative estimate of drug-likeness (QED) is 0.696. The Hall–Kier alpha value is -1.84. The average Bonchev–Trinajstić information content (AvgIpc) is 2.94. The normalized spacial score (nSPS) is 27.0. The van der Waals surface area contributed by atoms with Gasteiger partial charge in [0.25, 0.3) is 0 Å². The second kappa shape index (κ2) is 6.85. The summed E-state index contributed by atoms with van der Waals surface area (Å²) in [5.41, 5.74) is 1.57. The predicted octanol–water partition coefficient (Wildman–Crippen LogP) is 4.95. The molecule has 0 saturated heterocycles. The van der Waals surface area contributed by atoms with Crippen molar-refractivity contribution in [1.29, 1.82) is 5.26 Å². The van der Waals surface area contributed by atoms with Gasteiger partial charge in [0.2, 0.25) is 0 Å². The van der Waals surface area contributed by atoms with Gasteiger partial charge >= 0.3 is 0 Å². The first kappa shape index (κ1) is 20.4. The summed E-state index contributed by atoms with van der Waals surface area (Å²) in [5.74, 6) is 0.636. The number of pyridine rings is 1. The third-order valence-electron chi connectivity index (χ3n) is 6.31. The van der Waals surface area contributed by atoms with E-state index in [1.807, 2.05) is 6.07 Å². The molecule has 1 unspecified atom stereocenters. The van der Waals surface area contributed by atoms with E-state index in [0.29, 0.717) is 28.0 Å². The van der Waals surface area contributed by atoms with E-state index in [2.05, 4.69) is 43.6 Å². The number of hydrogen-bond donors (Lipinski definition) is 1. The van der Waals surface area contributed by atoms with Crippen LogP contribution in [0.5, 0.6) is 5.75 Å². The maximum Gasteiger partial charge on any atom is 0.136 e. The standard InChI is InChI=1S/C22H23Cl2N3O2/c1-21(2)19(27-11-16-14(18(27)28)7-8-17(24)26-16)22(3,4)20(21)29-13-6-5-12(10-25)15(23)9-13/h5-9,18-20,28H,11H2,1-4H3. The number of rotatable bonds is 3. The Kier molecular flexibility index (Phi) is 4.83. The van der Waals surface area contributed by atoms with Crippen molar-refractivity contribution in [3.05, 3.63) is 57.3 Å². The van der Waals surface area contributed by atoms with Gasteiger partial charge in [-0.05, 0) is 18.2 Å². The molecule has 29 heavy (non-hydrogen) atoms. The van der Waals surface area contributed by atoms with E-state index in [-0.39, 0.29) is 23.0 Å². The van der Waals surface area contributed by atoms with E-state index in [1.165, 1.54) is 0 Å². The molecule has 0 bridgehead atoms. The summed E-state index contributed by atoms with van der Waals surface area (Å²) in [4.78, 5) is 6.48. The predicted molar refractivity (Wildman–Crippen MR) is 112 cm³/mol. The Morgan fingerprint density at radius 2 is 1.86 bits per heavy atom. The topological polar surface area (TPSA) is 69.4 Å². The lowest BCUT2D eigenvalue weighted by Crippen LogP contribution is -2.74. The molecule has 1 aliphatic heterocycles. The Bertz CT molecular complexity index is 1000. The fourth-order valence-electron chi connectivity index (χ4n) is 5.58. The van der Waals surface area contributed by atoms with Gasteiger partial charge in [-0.15, -0.1) is 0 Å². The van der Waals surface area contributed by atoms with Crippen LogP contribution in [-0.4, -0.2) is 27.1 Å². The van der Waals surface area contributed by atoms with Gasteiger partial charge in [0, 0.05) is 35.0 Å². The van der Waals surface area contributed by atoms with Gasteiger partial charge in [-0.3, -0.25) is 4.90 Å². The van der Waals surface area contributed by atoms with Gasteiger partial charge in [0.15, 0.2) is 0 Å². The first-order valence-corrected chi connectivity index (χ1v) is 10.3. The van der Waals surface area contributed by atoms with Crippen molar-refractivity contribution >= 4 is 23.2 Å². The molecule has 2 aliphatic rings. The van der Waals surface area contributed by atoms with Crippen LogP contribution >= 0.6 is 23.2 Å². The summed E-state index contributed by atoms with van der Waals surface area (Å²) in [5, 5.41) is 20.8. The van der Waals surface area contributed by atoms with Crippen molar-refractivity contribution < 1.29 is 9.84 Å². The molecule has 1 atom stereocenters. The zero-order valence-corrected chi connectivity index (χ0v) is 18.3. The van der Waals surface area contributed by atoms with E-state index < -0.39 is 6.23 Å². The highest BCUT2D eigenvalue weighted by atomic mass is 35.5. The minimum absolute atomic E-state index is 0.0665. The third kappa shape index (κ3) is 3.10.